The van der Waals surface area contributed by atoms with Gasteiger partial charge in [-0.2, -0.15) is 13.2 Å². The number of nitrogens with one attached hydrogen (secondary N) is 1. The molecule has 1 aliphatic heterocycles. The van der Waals surface area contributed by atoms with Gasteiger partial charge in [-0.1, -0.05) is 12.1 Å². The molecule has 14 heteroatoms. The molecule has 0 saturated heterocycles. The number of benzene rings is 2. The molecule has 7 nitrogen and oxygen atoms in total. The van der Waals surface area contributed by atoms with Gasteiger partial charge in [0.1, 0.15) is 16.3 Å². The number of carboxylic acids is 1. The molecule has 0 spiro atoms. The third-order valence-electron chi connectivity index (χ3n) is 5.80. The summed E-state index contributed by atoms with van der Waals surface area (Å²) in [6, 6.07) is 8.51. The van der Waals surface area contributed by atoms with Gasteiger partial charge >= 0.3 is 18.5 Å². The summed E-state index contributed by atoms with van der Waals surface area (Å²) < 4.78 is 86.5. The Balaban J connectivity index is 1.77. The normalized spacial score (nSPS) is 15.9. The second-order valence-corrected chi connectivity index (χ2v) is 11.5. The lowest BCUT2D eigenvalue weighted by atomic mass is 10.1. The maximum absolute atomic E-state index is 13.6. The average molecular weight is 607 g/mol. The van der Waals surface area contributed by atoms with Crippen molar-refractivity contribution in [2.24, 2.45) is 0 Å². The number of rotatable bonds is 11. The predicted octanol–water partition coefficient (Wildman–Crippen LogP) is 6.69. The molecule has 1 atom stereocenters. The Bertz CT molecular complexity index is 1280. The van der Waals surface area contributed by atoms with E-state index in [1.807, 2.05) is 13.0 Å². The number of nitrogens with zero attached hydrogens (tertiary/aromatic N) is 1. The monoisotopic (exact) mass is 606 g/mol. The SMILES string of the molecule is CC1CC=C(CN(CC(=O)Nc2ccc(OC(F)(F)F)cc2C(F)(F)F)Cc2ccc(SC(C)(C)C(=O)O)cc2)O1. The predicted molar refractivity (Wildman–Crippen MR) is 139 cm³/mol. The first-order valence-corrected chi connectivity index (χ1v) is 13.1. The largest absolute Gasteiger partial charge is 0.573 e. The van der Waals surface area contributed by atoms with Crippen molar-refractivity contribution in [3.8, 4) is 5.75 Å². The second kappa shape index (κ2) is 12.6. The van der Waals surface area contributed by atoms with Crippen LogP contribution in [0.5, 0.6) is 5.75 Å². The lowest BCUT2D eigenvalue weighted by molar-refractivity contribution is -0.274. The first kappa shape index (κ1) is 32.1. The van der Waals surface area contributed by atoms with Gasteiger partial charge in [-0.25, -0.2) is 0 Å². The van der Waals surface area contributed by atoms with Crippen molar-refractivity contribution in [1.29, 1.82) is 0 Å². The van der Waals surface area contributed by atoms with E-state index in [9.17, 15) is 41.0 Å². The van der Waals surface area contributed by atoms with Crippen LogP contribution in [0, 0.1) is 0 Å². The number of hydrogen-bond acceptors (Lipinski definition) is 6. The van der Waals surface area contributed by atoms with Crippen molar-refractivity contribution < 1.29 is 50.5 Å². The number of aliphatic carboxylic acids is 1. The minimum Gasteiger partial charge on any atom is -0.494 e. The standard InChI is InChI=1S/C27H28F6N2O5S/c1-16-4-7-19(39-16)14-35(13-17-5-9-20(10-6-17)41-25(2,3)24(37)38)15-23(36)34-22-11-8-18(40-27(31,32)33)12-21(22)26(28,29)30/h5-12,16H,4,13-15H2,1-3H3,(H,34,36)(H,37,38). The van der Waals surface area contributed by atoms with E-state index in [1.54, 1.807) is 43.0 Å². The number of carboxylic acid groups (broad SMARTS) is 1. The van der Waals surface area contributed by atoms with Crippen molar-refractivity contribution in [1.82, 2.24) is 4.90 Å². The molecule has 2 aromatic carbocycles. The van der Waals surface area contributed by atoms with E-state index in [1.165, 1.54) is 0 Å². The van der Waals surface area contributed by atoms with Gasteiger partial charge in [0.2, 0.25) is 5.91 Å². The quantitative estimate of drug-likeness (QED) is 0.218. The van der Waals surface area contributed by atoms with Crippen LogP contribution >= 0.6 is 11.8 Å². The highest BCUT2D eigenvalue weighted by atomic mass is 32.2. The van der Waals surface area contributed by atoms with Crippen molar-refractivity contribution in [3.05, 3.63) is 65.4 Å². The summed E-state index contributed by atoms with van der Waals surface area (Å²) in [6.45, 7) is 5.01. The number of alkyl halides is 6. The highest BCUT2D eigenvalue weighted by Crippen LogP contribution is 2.38. The van der Waals surface area contributed by atoms with Crippen LogP contribution in [0.2, 0.25) is 0 Å². The van der Waals surface area contributed by atoms with E-state index in [-0.39, 0.29) is 31.8 Å². The third kappa shape index (κ3) is 9.88. The van der Waals surface area contributed by atoms with E-state index in [2.05, 4.69) is 10.1 Å². The van der Waals surface area contributed by atoms with Crippen molar-refractivity contribution in [2.45, 2.75) is 62.0 Å². The minimum atomic E-state index is -5.19. The van der Waals surface area contributed by atoms with Crippen LogP contribution in [0.25, 0.3) is 0 Å². The van der Waals surface area contributed by atoms with E-state index in [0.29, 0.717) is 29.2 Å². The molecule has 1 heterocycles. The molecular formula is C27H28F6N2O5S. The lowest BCUT2D eigenvalue weighted by Crippen LogP contribution is -2.35. The molecule has 1 amide bonds. The first-order chi connectivity index (χ1) is 18.9. The minimum absolute atomic E-state index is 0.0682. The molecule has 224 valence electrons. The van der Waals surface area contributed by atoms with Gasteiger partial charge in [0.15, 0.2) is 0 Å². The first-order valence-electron chi connectivity index (χ1n) is 12.3. The van der Waals surface area contributed by atoms with E-state index in [0.717, 1.165) is 17.3 Å². The summed E-state index contributed by atoms with van der Waals surface area (Å²) in [6.07, 6.45) is -7.82. The summed E-state index contributed by atoms with van der Waals surface area (Å²) >= 11 is 1.16. The number of anilines is 1. The zero-order valence-electron chi connectivity index (χ0n) is 22.2. The Morgan fingerprint density at radius 1 is 1.07 bits per heavy atom. The molecular weight excluding hydrogens is 578 g/mol. The fourth-order valence-corrected chi connectivity index (χ4v) is 4.81. The molecule has 2 aromatic rings. The fraction of sp³-hybridized carbons (Fsp3) is 0.407. The Hall–Kier alpha value is -3.39. The Morgan fingerprint density at radius 3 is 2.27 bits per heavy atom. The number of carbonyl (C=O) groups is 2. The molecule has 1 unspecified atom stereocenters. The zero-order valence-corrected chi connectivity index (χ0v) is 23.0. The average Bonchev–Trinajstić information content (AvgIpc) is 3.23. The van der Waals surface area contributed by atoms with E-state index < -0.39 is 46.2 Å². The summed E-state index contributed by atoms with van der Waals surface area (Å²) in [7, 11) is 0. The van der Waals surface area contributed by atoms with Gasteiger partial charge in [-0.05, 0) is 62.7 Å². The van der Waals surface area contributed by atoms with Gasteiger partial charge in [0.25, 0.3) is 0 Å². The summed E-state index contributed by atoms with van der Waals surface area (Å²) in [5.41, 5.74) is -1.47. The Kier molecular flexibility index (Phi) is 9.90. The van der Waals surface area contributed by atoms with Gasteiger partial charge in [-0.3, -0.25) is 14.5 Å². The number of hydrogen-bond donors (Lipinski definition) is 2. The van der Waals surface area contributed by atoms with Crippen LogP contribution in [0.15, 0.2) is 59.2 Å². The van der Waals surface area contributed by atoms with Crippen molar-refractivity contribution >= 4 is 29.3 Å². The molecule has 3 rings (SSSR count). The summed E-state index contributed by atoms with van der Waals surface area (Å²) in [4.78, 5) is 26.6. The maximum Gasteiger partial charge on any atom is 0.573 e. The molecule has 0 fully saturated rings. The molecule has 0 aliphatic carbocycles. The number of halogens is 6. The van der Waals surface area contributed by atoms with Crippen molar-refractivity contribution in [3.63, 3.8) is 0 Å². The highest BCUT2D eigenvalue weighted by molar-refractivity contribution is 8.01. The number of thioether (sulfide) groups is 1. The Labute approximate surface area is 236 Å². The maximum atomic E-state index is 13.6. The lowest BCUT2D eigenvalue weighted by Gasteiger charge is -2.24. The third-order valence-corrected chi connectivity index (χ3v) is 6.99. The summed E-state index contributed by atoms with van der Waals surface area (Å²) in [5, 5.41) is 11.5. The number of ether oxygens (including phenoxy) is 2. The summed E-state index contributed by atoms with van der Waals surface area (Å²) in [5.74, 6) is -2.29. The highest BCUT2D eigenvalue weighted by Gasteiger charge is 2.37. The smallest absolute Gasteiger partial charge is 0.494 e. The molecule has 0 bridgehead atoms. The van der Waals surface area contributed by atoms with Crippen LogP contribution in [0.3, 0.4) is 0 Å². The topological polar surface area (TPSA) is 88.1 Å². The van der Waals surface area contributed by atoms with Gasteiger partial charge in [-0.15, -0.1) is 24.9 Å². The van der Waals surface area contributed by atoms with Crippen LogP contribution in [0.1, 0.15) is 38.3 Å². The molecule has 0 radical (unpaired) electrons. The van der Waals surface area contributed by atoms with Crippen LogP contribution in [-0.4, -0.2) is 52.2 Å². The number of amides is 1. The van der Waals surface area contributed by atoms with E-state index in [4.69, 9.17) is 4.74 Å². The fourth-order valence-electron chi connectivity index (χ4n) is 3.86. The second-order valence-electron chi connectivity index (χ2n) is 9.84. The van der Waals surface area contributed by atoms with Gasteiger partial charge in [0.05, 0.1) is 30.4 Å². The molecule has 0 aromatic heterocycles. The van der Waals surface area contributed by atoms with Crippen molar-refractivity contribution in [2.75, 3.05) is 18.4 Å². The molecule has 41 heavy (non-hydrogen) atoms. The van der Waals surface area contributed by atoms with E-state index >= 15 is 0 Å². The molecule has 2 N–H and O–H groups in total. The van der Waals surface area contributed by atoms with Gasteiger partial charge in [0, 0.05) is 17.9 Å². The molecule has 1 aliphatic rings. The zero-order chi connectivity index (χ0) is 30.6. The van der Waals surface area contributed by atoms with Crippen LogP contribution in [-0.2, 0) is 27.0 Å². The van der Waals surface area contributed by atoms with Crippen LogP contribution < -0.4 is 10.1 Å². The van der Waals surface area contributed by atoms with Gasteiger partial charge < -0.3 is 19.9 Å². The number of carbonyl (C=O) groups excluding carboxylic acids is 1. The van der Waals surface area contributed by atoms with Crippen LogP contribution in [0.4, 0.5) is 32.0 Å². The molecule has 0 saturated carbocycles. The Morgan fingerprint density at radius 2 is 1.73 bits per heavy atom.